The van der Waals surface area contributed by atoms with Crippen LogP contribution in [0.4, 0.5) is 10.8 Å². The summed E-state index contributed by atoms with van der Waals surface area (Å²) in [5, 5.41) is 11.9. The lowest BCUT2D eigenvalue weighted by Crippen LogP contribution is -2.30. The maximum Gasteiger partial charge on any atom is 0.234 e. The summed E-state index contributed by atoms with van der Waals surface area (Å²) < 4.78 is 11.9. The molecule has 0 unspecified atom stereocenters. The van der Waals surface area contributed by atoms with Gasteiger partial charge in [0, 0.05) is 31.5 Å². The number of ether oxygens (including phenoxy) is 2. The second-order valence-electron chi connectivity index (χ2n) is 6.64. The van der Waals surface area contributed by atoms with Gasteiger partial charge in [0.05, 0.1) is 29.7 Å². The number of amides is 2. The summed E-state index contributed by atoms with van der Waals surface area (Å²) in [5.74, 6) is 1.01. The maximum absolute atomic E-state index is 12.4. The Balaban J connectivity index is 1.36. The quantitative estimate of drug-likeness (QED) is 0.526. The third kappa shape index (κ3) is 4.93. The fourth-order valence-electron chi connectivity index (χ4n) is 2.83. The first kappa shape index (κ1) is 20.2. The summed E-state index contributed by atoms with van der Waals surface area (Å²) in [6, 6.07) is 3.55. The van der Waals surface area contributed by atoms with E-state index in [1.165, 1.54) is 30.0 Å². The summed E-state index contributed by atoms with van der Waals surface area (Å²) in [6.07, 6.45) is 2.76. The Bertz CT molecular complexity index is 935. The summed E-state index contributed by atoms with van der Waals surface area (Å²) in [4.78, 5) is 25.9. The molecule has 0 bridgehead atoms. The van der Waals surface area contributed by atoms with Crippen LogP contribution < -0.4 is 19.7 Å². The summed E-state index contributed by atoms with van der Waals surface area (Å²) in [6.45, 7) is 2.64. The van der Waals surface area contributed by atoms with Gasteiger partial charge in [0.25, 0.3) is 0 Å². The number of benzene rings is 1. The Kier molecular flexibility index (Phi) is 6.12. The first-order chi connectivity index (χ1) is 14.0. The SMILES string of the molecule is CC(=O)N(c1nnc(SCC(=O)Nc2cc3c(cc2Cl)OCCCO3)s1)C1CC1. The van der Waals surface area contributed by atoms with E-state index in [0.29, 0.717) is 44.9 Å². The van der Waals surface area contributed by atoms with Crippen molar-refractivity contribution >= 4 is 57.3 Å². The predicted octanol–water partition coefficient (Wildman–Crippen LogP) is 3.60. The zero-order chi connectivity index (χ0) is 20.4. The van der Waals surface area contributed by atoms with Gasteiger partial charge < -0.3 is 14.8 Å². The molecule has 1 aliphatic heterocycles. The number of carbonyl (C=O) groups excluding carboxylic acids is 2. The van der Waals surface area contributed by atoms with E-state index in [1.807, 2.05) is 0 Å². The molecule has 1 N–H and O–H groups in total. The molecule has 1 aliphatic carbocycles. The Morgan fingerprint density at radius 2 is 2.00 bits per heavy atom. The van der Waals surface area contributed by atoms with Gasteiger partial charge in [-0.1, -0.05) is 34.7 Å². The molecule has 2 heterocycles. The molecule has 4 rings (SSSR count). The minimum atomic E-state index is -0.228. The lowest BCUT2D eigenvalue weighted by Gasteiger charge is -2.15. The van der Waals surface area contributed by atoms with Crippen LogP contribution >= 0.6 is 34.7 Å². The van der Waals surface area contributed by atoms with Gasteiger partial charge >= 0.3 is 0 Å². The average Bonchev–Trinajstić information content (AvgIpc) is 3.43. The van der Waals surface area contributed by atoms with Gasteiger partial charge in [-0.05, 0) is 12.8 Å². The lowest BCUT2D eigenvalue weighted by atomic mass is 10.2. The number of thioether (sulfide) groups is 1. The molecule has 154 valence electrons. The first-order valence-corrected chi connectivity index (χ1v) is 11.3. The van der Waals surface area contributed by atoms with Crippen molar-refractivity contribution in [3.8, 4) is 11.5 Å². The van der Waals surface area contributed by atoms with Crippen molar-refractivity contribution in [1.82, 2.24) is 10.2 Å². The highest BCUT2D eigenvalue weighted by molar-refractivity contribution is 8.01. The molecule has 0 saturated heterocycles. The number of nitrogens with zero attached hydrogens (tertiary/aromatic N) is 3. The second-order valence-corrected chi connectivity index (χ2v) is 9.22. The maximum atomic E-state index is 12.4. The molecule has 1 saturated carbocycles. The van der Waals surface area contributed by atoms with Crippen LogP contribution in [0.15, 0.2) is 16.5 Å². The lowest BCUT2D eigenvalue weighted by molar-refractivity contribution is -0.116. The highest BCUT2D eigenvalue weighted by Crippen LogP contribution is 2.38. The fraction of sp³-hybridized carbons (Fsp3) is 0.444. The Morgan fingerprint density at radius 1 is 1.28 bits per heavy atom. The third-order valence-electron chi connectivity index (χ3n) is 4.29. The molecule has 11 heteroatoms. The van der Waals surface area contributed by atoms with Crippen LogP contribution in [0.3, 0.4) is 0 Å². The molecular weight excluding hydrogens is 436 g/mol. The standard InChI is InChI=1S/C18H19ClN4O4S2/c1-10(24)23(11-3-4-11)17-21-22-18(29-17)28-9-16(25)20-13-8-15-14(7-12(13)19)26-5-2-6-27-15/h7-8,11H,2-6,9H2,1H3,(H,20,25). The van der Waals surface area contributed by atoms with Gasteiger partial charge in [-0.25, -0.2) is 0 Å². The molecule has 2 aromatic rings. The van der Waals surface area contributed by atoms with Crippen LogP contribution in [0, 0.1) is 0 Å². The summed E-state index contributed by atoms with van der Waals surface area (Å²) in [7, 11) is 0. The minimum absolute atomic E-state index is 0.0398. The Morgan fingerprint density at radius 3 is 2.69 bits per heavy atom. The van der Waals surface area contributed by atoms with Crippen molar-refractivity contribution in [1.29, 1.82) is 0 Å². The first-order valence-electron chi connectivity index (χ1n) is 9.16. The van der Waals surface area contributed by atoms with E-state index >= 15 is 0 Å². The number of nitrogens with one attached hydrogen (secondary N) is 1. The topological polar surface area (TPSA) is 93.7 Å². The monoisotopic (exact) mass is 454 g/mol. The van der Waals surface area contributed by atoms with Crippen molar-refractivity contribution in [2.45, 2.75) is 36.6 Å². The molecule has 2 aliphatic rings. The normalized spacial score (nSPS) is 15.5. The van der Waals surface area contributed by atoms with Gasteiger partial charge in [0.1, 0.15) is 0 Å². The molecule has 29 heavy (non-hydrogen) atoms. The van der Waals surface area contributed by atoms with Gasteiger partial charge in [-0.2, -0.15) is 0 Å². The molecular formula is C18H19ClN4O4S2. The van der Waals surface area contributed by atoms with Crippen LogP contribution in [0.2, 0.25) is 5.02 Å². The number of fused-ring (bicyclic) bond motifs is 1. The number of carbonyl (C=O) groups is 2. The van der Waals surface area contributed by atoms with Crippen LogP contribution in [-0.2, 0) is 9.59 Å². The number of halogens is 1. The minimum Gasteiger partial charge on any atom is -0.490 e. The van der Waals surface area contributed by atoms with Gasteiger partial charge in [-0.15, -0.1) is 10.2 Å². The average molecular weight is 455 g/mol. The number of hydrogen-bond donors (Lipinski definition) is 1. The molecule has 1 aromatic carbocycles. The van der Waals surface area contributed by atoms with Crippen molar-refractivity contribution in [3.05, 3.63) is 17.2 Å². The van der Waals surface area contributed by atoms with Crippen molar-refractivity contribution < 1.29 is 19.1 Å². The zero-order valence-corrected chi connectivity index (χ0v) is 18.0. The number of aromatic nitrogens is 2. The van der Waals surface area contributed by atoms with E-state index < -0.39 is 0 Å². The Labute approximate surface area is 180 Å². The van der Waals surface area contributed by atoms with E-state index in [0.717, 1.165) is 19.3 Å². The van der Waals surface area contributed by atoms with Crippen molar-refractivity contribution in [2.24, 2.45) is 0 Å². The highest BCUT2D eigenvalue weighted by atomic mass is 35.5. The number of rotatable bonds is 6. The van der Waals surface area contributed by atoms with Gasteiger partial charge in [-0.3, -0.25) is 14.5 Å². The van der Waals surface area contributed by atoms with E-state index in [-0.39, 0.29) is 23.6 Å². The summed E-state index contributed by atoms with van der Waals surface area (Å²) in [5.41, 5.74) is 0.468. The van der Waals surface area contributed by atoms with E-state index in [9.17, 15) is 9.59 Å². The van der Waals surface area contributed by atoms with Crippen LogP contribution in [0.1, 0.15) is 26.2 Å². The second kappa shape index (κ2) is 8.76. The smallest absolute Gasteiger partial charge is 0.234 e. The molecule has 1 fully saturated rings. The zero-order valence-electron chi connectivity index (χ0n) is 15.6. The molecule has 1 aromatic heterocycles. The van der Waals surface area contributed by atoms with E-state index in [1.54, 1.807) is 17.0 Å². The van der Waals surface area contributed by atoms with Crippen LogP contribution in [-0.4, -0.2) is 47.0 Å². The predicted molar refractivity (Wildman–Crippen MR) is 113 cm³/mol. The highest BCUT2D eigenvalue weighted by Gasteiger charge is 2.34. The van der Waals surface area contributed by atoms with Gasteiger partial charge in [0.15, 0.2) is 15.8 Å². The molecule has 2 amide bonds. The van der Waals surface area contributed by atoms with Crippen molar-refractivity contribution in [3.63, 3.8) is 0 Å². The van der Waals surface area contributed by atoms with Gasteiger partial charge in [0.2, 0.25) is 16.9 Å². The third-order valence-corrected chi connectivity index (χ3v) is 6.66. The van der Waals surface area contributed by atoms with Crippen LogP contribution in [0.25, 0.3) is 0 Å². The fourth-order valence-corrected chi connectivity index (χ4v) is 4.79. The van der Waals surface area contributed by atoms with Crippen molar-refractivity contribution in [2.75, 3.05) is 29.2 Å². The Hall–Kier alpha value is -2.04. The number of hydrogen-bond acceptors (Lipinski definition) is 8. The van der Waals surface area contributed by atoms with Crippen LogP contribution in [0.5, 0.6) is 11.5 Å². The molecule has 0 atom stereocenters. The number of anilines is 2. The van der Waals surface area contributed by atoms with E-state index in [2.05, 4.69) is 15.5 Å². The largest absolute Gasteiger partial charge is 0.490 e. The molecule has 0 radical (unpaired) electrons. The summed E-state index contributed by atoms with van der Waals surface area (Å²) >= 11 is 8.84. The van der Waals surface area contributed by atoms with E-state index in [4.69, 9.17) is 21.1 Å². The molecule has 8 nitrogen and oxygen atoms in total. The molecule has 0 spiro atoms.